The third kappa shape index (κ3) is 3.38. The molecule has 2 N–H and O–H groups in total. The van der Waals surface area contributed by atoms with E-state index in [-0.39, 0.29) is 11.0 Å². The average molecular weight is 340 g/mol. The summed E-state index contributed by atoms with van der Waals surface area (Å²) in [6.45, 7) is 2.68. The molecule has 0 unspecified atom stereocenters. The first-order valence-corrected chi connectivity index (χ1v) is 7.96. The molecule has 1 amide bonds. The minimum Gasteiger partial charge on any atom is -0.300 e. The average Bonchev–Trinajstić information content (AvgIpc) is 3.01. The molecule has 0 aliphatic heterocycles. The van der Waals surface area contributed by atoms with Gasteiger partial charge in [-0.05, 0) is 45.9 Å². The number of benzene rings is 2. The summed E-state index contributed by atoms with van der Waals surface area (Å²) in [5, 5.41) is 18.9. The Hall–Kier alpha value is -2.87. The van der Waals surface area contributed by atoms with Crippen molar-refractivity contribution in [2.45, 2.75) is 19.9 Å². The summed E-state index contributed by atoms with van der Waals surface area (Å²) in [6, 6.07) is 13.3. The lowest BCUT2D eigenvalue weighted by atomic mass is 10.0. The molecule has 24 heavy (non-hydrogen) atoms. The van der Waals surface area contributed by atoms with Crippen LogP contribution in [0.15, 0.2) is 42.5 Å². The van der Waals surface area contributed by atoms with Crippen LogP contribution in [0.4, 0.5) is 5.95 Å². The van der Waals surface area contributed by atoms with Gasteiger partial charge in [-0.2, -0.15) is 0 Å². The van der Waals surface area contributed by atoms with Crippen LogP contribution in [0, 0.1) is 0 Å². The normalized spacial score (nSPS) is 10.5. The van der Waals surface area contributed by atoms with Crippen LogP contribution in [-0.2, 0) is 6.54 Å². The highest BCUT2D eigenvalue weighted by molar-refractivity contribution is 7.80. The number of hydrogen-bond acceptors (Lipinski definition) is 5. The number of carbonyl (C=O) groups is 1. The predicted molar refractivity (Wildman–Crippen MR) is 95.7 cm³/mol. The Kier molecular flexibility index (Phi) is 4.76. The number of nitrogens with one attached hydrogen (secondary N) is 2. The van der Waals surface area contributed by atoms with Crippen LogP contribution in [0.1, 0.15) is 23.7 Å². The van der Waals surface area contributed by atoms with E-state index in [0.29, 0.717) is 18.1 Å². The lowest BCUT2D eigenvalue weighted by molar-refractivity contribution is 0.0979. The second-order valence-electron chi connectivity index (χ2n) is 5.16. The van der Waals surface area contributed by atoms with Gasteiger partial charge >= 0.3 is 0 Å². The van der Waals surface area contributed by atoms with Crippen molar-refractivity contribution in [2.24, 2.45) is 0 Å². The summed E-state index contributed by atoms with van der Waals surface area (Å²) < 4.78 is 1.59. The van der Waals surface area contributed by atoms with Gasteiger partial charge in [0.1, 0.15) is 0 Å². The molecule has 7 nitrogen and oxygen atoms in total. The lowest BCUT2D eigenvalue weighted by Gasteiger charge is -2.10. The molecule has 0 bridgehead atoms. The van der Waals surface area contributed by atoms with Gasteiger partial charge in [0.05, 0.1) is 0 Å². The van der Waals surface area contributed by atoms with Crippen molar-refractivity contribution in [3.05, 3.63) is 48.0 Å². The summed E-state index contributed by atoms with van der Waals surface area (Å²) in [7, 11) is 0. The van der Waals surface area contributed by atoms with E-state index >= 15 is 0 Å². The third-order valence-electron chi connectivity index (χ3n) is 3.45. The largest absolute Gasteiger partial charge is 0.300 e. The van der Waals surface area contributed by atoms with Crippen molar-refractivity contribution in [1.82, 2.24) is 25.5 Å². The van der Waals surface area contributed by atoms with E-state index in [9.17, 15) is 4.79 Å². The first-order chi connectivity index (χ1) is 11.7. The molecule has 1 aromatic heterocycles. The molecule has 1 heterocycles. The Balaban J connectivity index is 1.74. The fourth-order valence-electron chi connectivity index (χ4n) is 2.38. The topological polar surface area (TPSA) is 84.7 Å². The fraction of sp³-hybridized carbons (Fsp3) is 0.188. The van der Waals surface area contributed by atoms with Gasteiger partial charge < -0.3 is 0 Å². The third-order valence-corrected chi connectivity index (χ3v) is 3.66. The second-order valence-corrected chi connectivity index (χ2v) is 5.57. The Morgan fingerprint density at radius 3 is 2.83 bits per heavy atom. The highest BCUT2D eigenvalue weighted by atomic mass is 32.1. The summed E-state index contributed by atoms with van der Waals surface area (Å²) in [5.41, 5.74) is 0.561. The number of fused-ring (bicyclic) bond motifs is 1. The minimum absolute atomic E-state index is 0.153. The highest BCUT2D eigenvalue weighted by Crippen LogP contribution is 2.18. The van der Waals surface area contributed by atoms with Gasteiger partial charge in [0.25, 0.3) is 5.91 Å². The van der Waals surface area contributed by atoms with Gasteiger partial charge in [-0.25, -0.2) is 4.68 Å². The quantitative estimate of drug-likeness (QED) is 0.709. The number of rotatable bonds is 4. The van der Waals surface area contributed by atoms with Crippen LogP contribution in [0.2, 0.25) is 0 Å². The zero-order valence-electron chi connectivity index (χ0n) is 13.1. The molecular formula is C16H16N6OS. The number of tetrazole rings is 1. The van der Waals surface area contributed by atoms with E-state index in [1.807, 2.05) is 43.3 Å². The van der Waals surface area contributed by atoms with Crippen molar-refractivity contribution in [3.8, 4) is 0 Å². The highest BCUT2D eigenvalue weighted by Gasteiger charge is 2.13. The summed E-state index contributed by atoms with van der Waals surface area (Å²) in [6.07, 6.45) is 0.884. The van der Waals surface area contributed by atoms with Crippen molar-refractivity contribution in [3.63, 3.8) is 0 Å². The maximum atomic E-state index is 12.5. The number of nitrogens with zero attached hydrogens (tertiary/aromatic N) is 4. The number of amides is 1. The number of anilines is 1. The number of hydrogen-bond donors (Lipinski definition) is 2. The van der Waals surface area contributed by atoms with E-state index in [4.69, 9.17) is 12.2 Å². The monoisotopic (exact) mass is 340 g/mol. The summed E-state index contributed by atoms with van der Waals surface area (Å²) in [5.74, 6) is 0.124. The van der Waals surface area contributed by atoms with Gasteiger partial charge in [0, 0.05) is 12.1 Å². The molecule has 0 saturated carbocycles. The maximum Gasteiger partial charge on any atom is 0.258 e. The molecule has 3 rings (SSSR count). The Bertz CT molecular complexity index is 886. The Morgan fingerprint density at radius 2 is 2.00 bits per heavy atom. The van der Waals surface area contributed by atoms with Crippen molar-refractivity contribution < 1.29 is 4.79 Å². The van der Waals surface area contributed by atoms with Gasteiger partial charge in [-0.1, -0.05) is 48.4 Å². The predicted octanol–water partition coefficient (Wildman–Crippen LogP) is 2.36. The summed E-state index contributed by atoms with van der Waals surface area (Å²) in [4.78, 5) is 12.5. The lowest BCUT2D eigenvalue weighted by Crippen LogP contribution is -2.35. The van der Waals surface area contributed by atoms with Crippen LogP contribution >= 0.6 is 12.2 Å². The first kappa shape index (κ1) is 16.0. The zero-order valence-corrected chi connectivity index (χ0v) is 13.9. The molecule has 0 aliphatic rings. The van der Waals surface area contributed by atoms with Crippen LogP contribution in [0.3, 0.4) is 0 Å². The zero-order chi connectivity index (χ0) is 16.9. The van der Waals surface area contributed by atoms with Crippen molar-refractivity contribution >= 4 is 40.0 Å². The summed E-state index contributed by atoms with van der Waals surface area (Å²) >= 11 is 5.19. The molecule has 3 aromatic rings. The second kappa shape index (κ2) is 7.14. The van der Waals surface area contributed by atoms with Crippen LogP contribution in [-0.4, -0.2) is 31.2 Å². The van der Waals surface area contributed by atoms with Gasteiger partial charge in [-0.3, -0.25) is 15.4 Å². The van der Waals surface area contributed by atoms with E-state index in [1.165, 1.54) is 0 Å². The first-order valence-electron chi connectivity index (χ1n) is 7.55. The number of thiocarbonyl (C=S) groups is 1. The molecule has 0 radical (unpaired) electrons. The number of aryl methyl sites for hydroxylation is 1. The molecule has 2 aromatic carbocycles. The van der Waals surface area contributed by atoms with E-state index in [1.54, 1.807) is 10.7 Å². The standard InChI is InChI=1S/C16H16N6OS/c1-2-10-22-15(19-20-21-22)18-16(24)17-14(23)13-9-5-7-11-6-3-4-8-12(11)13/h3-9H,2,10H2,1H3,(H2,17,18,19,21,23,24). The SMILES string of the molecule is CCCn1nnnc1NC(=S)NC(=O)c1cccc2ccccc12. The van der Waals surface area contributed by atoms with Crippen LogP contribution in [0.25, 0.3) is 10.8 Å². The van der Waals surface area contributed by atoms with E-state index in [0.717, 1.165) is 17.2 Å². The Labute approximate surface area is 144 Å². The van der Waals surface area contributed by atoms with Gasteiger partial charge in [0.2, 0.25) is 5.95 Å². The smallest absolute Gasteiger partial charge is 0.258 e. The molecule has 0 spiro atoms. The molecule has 8 heteroatoms. The van der Waals surface area contributed by atoms with Crippen molar-refractivity contribution in [2.75, 3.05) is 5.32 Å². The molecule has 0 fully saturated rings. The molecular weight excluding hydrogens is 324 g/mol. The van der Waals surface area contributed by atoms with Crippen LogP contribution < -0.4 is 10.6 Å². The van der Waals surface area contributed by atoms with E-state index < -0.39 is 0 Å². The maximum absolute atomic E-state index is 12.5. The van der Waals surface area contributed by atoms with E-state index in [2.05, 4.69) is 26.2 Å². The molecule has 0 atom stereocenters. The number of aromatic nitrogens is 4. The van der Waals surface area contributed by atoms with Gasteiger partial charge in [0.15, 0.2) is 5.11 Å². The fourth-order valence-corrected chi connectivity index (χ4v) is 2.57. The molecule has 0 aliphatic carbocycles. The molecule has 0 saturated heterocycles. The van der Waals surface area contributed by atoms with Gasteiger partial charge in [-0.15, -0.1) is 0 Å². The van der Waals surface area contributed by atoms with Crippen LogP contribution in [0.5, 0.6) is 0 Å². The minimum atomic E-state index is -0.279. The Morgan fingerprint density at radius 1 is 1.21 bits per heavy atom. The number of carbonyl (C=O) groups excluding carboxylic acids is 1. The molecule has 122 valence electrons. The van der Waals surface area contributed by atoms with Crippen molar-refractivity contribution in [1.29, 1.82) is 0 Å².